The molecule has 1 aromatic rings. The number of carboxylic acids is 1. The van der Waals surface area contributed by atoms with Gasteiger partial charge in [-0.15, -0.1) is 0 Å². The Labute approximate surface area is 129 Å². The first-order chi connectivity index (χ1) is 9.91. The van der Waals surface area contributed by atoms with E-state index in [2.05, 4.69) is 21.2 Å². The maximum Gasteiger partial charge on any atom is 0.303 e. The molecule has 0 saturated heterocycles. The van der Waals surface area contributed by atoms with Crippen molar-refractivity contribution in [3.05, 3.63) is 38.3 Å². The number of benzene rings is 1. The number of amides is 1. The Morgan fingerprint density at radius 3 is 2.62 bits per heavy atom. The molecule has 0 aliphatic rings. The summed E-state index contributed by atoms with van der Waals surface area (Å²) in [5.41, 5.74) is -0.249. The molecule has 0 bridgehead atoms. The fourth-order valence-corrected chi connectivity index (χ4v) is 2.07. The molecule has 0 saturated carbocycles. The van der Waals surface area contributed by atoms with E-state index >= 15 is 0 Å². The lowest BCUT2D eigenvalue weighted by Gasteiger charge is -2.06. The Morgan fingerprint density at radius 1 is 1.29 bits per heavy atom. The summed E-state index contributed by atoms with van der Waals surface area (Å²) in [6.45, 7) is 0.353. The van der Waals surface area contributed by atoms with Gasteiger partial charge < -0.3 is 10.4 Å². The zero-order valence-electron chi connectivity index (χ0n) is 11.2. The van der Waals surface area contributed by atoms with E-state index in [1.807, 2.05) is 0 Å². The Bertz CT molecular complexity index is 547. The number of nitrogens with one attached hydrogen (secondary N) is 1. The van der Waals surface area contributed by atoms with E-state index in [1.54, 1.807) is 6.07 Å². The molecule has 7 nitrogen and oxygen atoms in total. The van der Waals surface area contributed by atoms with Crippen molar-refractivity contribution in [3.8, 4) is 0 Å². The monoisotopic (exact) mass is 358 g/mol. The Morgan fingerprint density at radius 2 is 2.00 bits per heavy atom. The van der Waals surface area contributed by atoms with Crippen LogP contribution in [0.3, 0.4) is 0 Å². The highest BCUT2D eigenvalue weighted by atomic mass is 79.9. The van der Waals surface area contributed by atoms with Crippen LogP contribution in [0.25, 0.3) is 0 Å². The molecule has 0 unspecified atom stereocenters. The van der Waals surface area contributed by atoms with Gasteiger partial charge in [-0.2, -0.15) is 0 Å². The summed E-state index contributed by atoms with van der Waals surface area (Å²) in [5.74, 6) is -1.35. The SMILES string of the molecule is O=C(O)CCCCCNC(=O)c1ccc(Br)cc1[N+](=O)[O-]. The fraction of sp³-hybridized carbons (Fsp3) is 0.385. The molecule has 1 aromatic carbocycles. The molecule has 0 aromatic heterocycles. The molecule has 0 fully saturated rings. The summed E-state index contributed by atoms with van der Waals surface area (Å²) in [6.07, 6.45) is 1.95. The van der Waals surface area contributed by atoms with E-state index in [9.17, 15) is 19.7 Å². The van der Waals surface area contributed by atoms with E-state index in [1.165, 1.54) is 12.1 Å². The number of unbranched alkanes of at least 4 members (excludes halogenated alkanes) is 2. The van der Waals surface area contributed by atoms with Gasteiger partial charge in [-0.25, -0.2) is 0 Å². The number of aliphatic carboxylic acids is 1. The normalized spacial score (nSPS) is 10.1. The molecule has 1 amide bonds. The third-order valence-corrected chi connectivity index (χ3v) is 3.25. The van der Waals surface area contributed by atoms with Crippen molar-refractivity contribution in [3.63, 3.8) is 0 Å². The molecule has 0 heterocycles. The highest BCUT2D eigenvalue weighted by molar-refractivity contribution is 9.10. The van der Waals surface area contributed by atoms with Crippen molar-refractivity contribution < 1.29 is 19.6 Å². The van der Waals surface area contributed by atoms with Gasteiger partial charge in [-0.1, -0.05) is 22.4 Å². The first-order valence-electron chi connectivity index (χ1n) is 6.35. The van der Waals surface area contributed by atoms with Crippen LogP contribution in [-0.4, -0.2) is 28.5 Å². The van der Waals surface area contributed by atoms with Crippen LogP contribution < -0.4 is 5.32 Å². The van der Waals surface area contributed by atoms with Crippen molar-refractivity contribution >= 4 is 33.5 Å². The highest BCUT2D eigenvalue weighted by Crippen LogP contribution is 2.23. The average Bonchev–Trinajstić information content (AvgIpc) is 2.41. The third kappa shape index (κ3) is 5.90. The second-order valence-corrected chi connectivity index (χ2v) is 5.29. The number of rotatable bonds is 8. The zero-order chi connectivity index (χ0) is 15.8. The Hall–Kier alpha value is -1.96. The van der Waals surface area contributed by atoms with Crippen LogP contribution in [0.2, 0.25) is 0 Å². The number of hydrogen-bond donors (Lipinski definition) is 2. The van der Waals surface area contributed by atoms with Gasteiger partial charge in [-0.05, 0) is 25.0 Å². The highest BCUT2D eigenvalue weighted by Gasteiger charge is 2.19. The van der Waals surface area contributed by atoms with Crippen molar-refractivity contribution in [2.24, 2.45) is 0 Å². The minimum absolute atomic E-state index is 0.00809. The number of carbonyl (C=O) groups excluding carboxylic acids is 1. The van der Waals surface area contributed by atoms with Gasteiger partial charge in [0.15, 0.2) is 0 Å². The largest absolute Gasteiger partial charge is 0.481 e. The average molecular weight is 359 g/mol. The maximum atomic E-state index is 11.9. The standard InChI is InChI=1S/C13H15BrN2O5/c14-9-5-6-10(11(8-9)16(20)21)13(19)15-7-3-1-2-4-12(17)18/h5-6,8H,1-4,7H2,(H,15,19)(H,17,18). The minimum Gasteiger partial charge on any atom is -0.481 e. The van der Waals surface area contributed by atoms with Crippen LogP contribution in [0, 0.1) is 10.1 Å². The first kappa shape index (κ1) is 17.1. The molecule has 0 aliphatic carbocycles. The lowest BCUT2D eigenvalue weighted by atomic mass is 10.1. The molecule has 114 valence electrons. The zero-order valence-corrected chi connectivity index (χ0v) is 12.8. The van der Waals surface area contributed by atoms with Gasteiger partial charge in [0.2, 0.25) is 0 Å². The van der Waals surface area contributed by atoms with Crippen molar-refractivity contribution in [2.75, 3.05) is 6.54 Å². The first-order valence-corrected chi connectivity index (χ1v) is 7.15. The second-order valence-electron chi connectivity index (χ2n) is 4.38. The number of nitrogens with zero attached hydrogens (tertiary/aromatic N) is 1. The van der Waals surface area contributed by atoms with Crippen LogP contribution in [0.5, 0.6) is 0 Å². The van der Waals surface area contributed by atoms with Crippen LogP contribution in [0.15, 0.2) is 22.7 Å². The van der Waals surface area contributed by atoms with Gasteiger partial charge >= 0.3 is 5.97 Å². The second kappa shape index (κ2) is 8.35. The molecular formula is C13H15BrN2O5. The number of hydrogen-bond acceptors (Lipinski definition) is 4. The van der Waals surface area contributed by atoms with Gasteiger partial charge in [0.25, 0.3) is 11.6 Å². The number of nitro groups is 1. The van der Waals surface area contributed by atoms with Crippen molar-refractivity contribution in [2.45, 2.75) is 25.7 Å². The quantitative estimate of drug-likeness (QED) is 0.421. The van der Waals surface area contributed by atoms with Crippen molar-refractivity contribution in [1.82, 2.24) is 5.32 Å². The summed E-state index contributed by atoms with van der Waals surface area (Å²) in [6, 6.07) is 4.23. The summed E-state index contributed by atoms with van der Waals surface area (Å²) in [7, 11) is 0. The van der Waals surface area contributed by atoms with E-state index in [0.717, 1.165) is 0 Å². The van der Waals surface area contributed by atoms with Crippen LogP contribution in [0.4, 0.5) is 5.69 Å². The maximum absolute atomic E-state index is 11.9. The number of nitro benzene ring substituents is 1. The predicted octanol–water partition coefficient (Wildman–Crippen LogP) is 2.73. The molecule has 1 rings (SSSR count). The number of carboxylic acid groups (broad SMARTS) is 1. The van der Waals surface area contributed by atoms with Crippen LogP contribution in [0.1, 0.15) is 36.0 Å². The van der Waals surface area contributed by atoms with E-state index in [0.29, 0.717) is 30.3 Å². The van der Waals surface area contributed by atoms with Crippen molar-refractivity contribution in [1.29, 1.82) is 0 Å². The molecule has 0 atom stereocenters. The molecule has 8 heteroatoms. The molecular weight excluding hydrogens is 344 g/mol. The lowest BCUT2D eigenvalue weighted by Crippen LogP contribution is -2.25. The molecule has 21 heavy (non-hydrogen) atoms. The van der Waals surface area contributed by atoms with Crippen LogP contribution >= 0.6 is 15.9 Å². The summed E-state index contributed by atoms with van der Waals surface area (Å²) >= 11 is 3.12. The number of carbonyl (C=O) groups is 2. The summed E-state index contributed by atoms with van der Waals surface area (Å²) < 4.78 is 0.527. The van der Waals surface area contributed by atoms with E-state index in [-0.39, 0.29) is 17.7 Å². The molecule has 2 N–H and O–H groups in total. The lowest BCUT2D eigenvalue weighted by molar-refractivity contribution is -0.385. The molecule has 0 aliphatic heterocycles. The summed E-state index contributed by atoms with van der Waals surface area (Å²) in [4.78, 5) is 32.5. The van der Waals surface area contributed by atoms with E-state index < -0.39 is 16.8 Å². The number of halogens is 1. The third-order valence-electron chi connectivity index (χ3n) is 2.75. The van der Waals surface area contributed by atoms with E-state index in [4.69, 9.17) is 5.11 Å². The predicted molar refractivity (Wildman–Crippen MR) is 79.2 cm³/mol. The van der Waals surface area contributed by atoms with Crippen LogP contribution in [-0.2, 0) is 4.79 Å². The molecule has 0 spiro atoms. The smallest absolute Gasteiger partial charge is 0.303 e. The Kier molecular flexibility index (Phi) is 6.80. The minimum atomic E-state index is -0.843. The summed E-state index contributed by atoms with van der Waals surface area (Å²) in [5, 5.41) is 22.0. The van der Waals surface area contributed by atoms with Gasteiger partial charge in [-0.3, -0.25) is 19.7 Å². The fourth-order valence-electron chi connectivity index (χ4n) is 1.72. The van der Waals surface area contributed by atoms with Gasteiger partial charge in [0.1, 0.15) is 5.56 Å². The topological polar surface area (TPSA) is 110 Å². The van der Waals surface area contributed by atoms with Gasteiger partial charge in [0, 0.05) is 23.5 Å². The Balaban J connectivity index is 2.49. The molecule has 0 radical (unpaired) electrons. The van der Waals surface area contributed by atoms with Gasteiger partial charge in [0.05, 0.1) is 4.92 Å².